The Kier molecular flexibility index (Phi) is 7.08. The van der Waals surface area contributed by atoms with Crippen molar-refractivity contribution in [2.75, 3.05) is 17.7 Å². The van der Waals surface area contributed by atoms with E-state index < -0.39 is 0 Å². The molecule has 1 aromatic rings. The van der Waals surface area contributed by atoms with E-state index in [-0.39, 0.29) is 30.6 Å². The summed E-state index contributed by atoms with van der Waals surface area (Å²) in [6.07, 6.45) is 0.760. The second-order valence-corrected chi connectivity index (χ2v) is 5.44. The van der Waals surface area contributed by atoms with Crippen LogP contribution in [-0.4, -0.2) is 24.8 Å². The molecule has 3 N–H and O–H groups in total. The fourth-order valence-electron chi connectivity index (χ4n) is 1.80. The molecule has 1 rings (SSSR count). The van der Waals surface area contributed by atoms with Crippen LogP contribution in [0.1, 0.15) is 33.1 Å². The Morgan fingerprint density at radius 1 is 0.864 bits per heavy atom. The molecule has 120 valence electrons. The van der Waals surface area contributed by atoms with Crippen LogP contribution in [0.3, 0.4) is 0 Å². The van der Waals surface area contributed by atoms with Crippen LogP contribution < -0.4 is 16.0 Å². The number of nitrogens with one attached hydrogen (secondary N) is 3. The number of carbonyl (C=O) groups is 3. The Hall–Kier alpha value is -2.37. The van der Waals surface area contributed by atoms with E-state index in [2.05, 4.69) is 16.0 Å². The first-order chi connectivity index (χ1) is 10.4. The highest BCUT2D eigenvalue weighted by Gasteiger charge is 2.07. The van der Waals surface area contributed by atoms with Crippen LogP contribution in [0.2, 0.25) is 0 Å². The van der Waals surface area contributed by atoms with Crippen LogP contribution >= 0.6 is 0 Å². The van der Waals surface area contributed by atoms with Gasteiger partial charge in [-0.15, -0.1) is 0 Å². The largest absolute Gasteiger partial charge is 0.359 e. The van der Waals surface area contributed by atoms with E-state index in [1.54, 1.807) is 24.3 Å². The minimum atomic E-state index is -0.222. The lowest BCUT2D eigenvalue weighted by atomic mass is 10.1. The van der Waals surface area contributed by atoms with Crippen LogP contribution in [0.4, 0.5) is 11.4 Å². The number of rotatable bonds is 7. The number of amides is 3. The van der Waals surface area contributed by atoms with E-state index in [0.29, 0.717) is 23.7 Å². The van der Waals surface area contributed by atoms with Crippen molar-refractivity contribution in [1.82, 2.24) is 5.32 Å². The van der Waals surface area contributed by atoms with E-state index >= 15 is 0 Å². The number of hydrogen-bond acceptors (Lipinski definition) is 3. The third kappa shape index (κ3) is 6.88. The average molecular weight is 305 g/mol. The molecule has 0 saturated heterocycles. The average Bonchev–Trinajstić information content (AvgIpc) is 2.46. The van der Waals surface area contributed by atoms with Crippen LogP contribution in [-0.2, 0) is 14.4 Å². The molecule has 0 heterocycles. The van der Waals surface area contributed by atoms with Gasteiger partial charge in [-0.2, -0.15) is 0 Å². The summed E-state index contributed by atoms with van der Waals surface area (Å²) in [7, 11) is 1.53. The lowest BCUT2D eigenvalue weighted by Crippen LogP contribution is -2.20. The van der Waals surface area contributed by atoms with E-state index in [1.807, 2.05) is 13.8 Å². The van der Waals surface area contributed by atoms with Crippen molar-refractivity contribution in [3.8, 4) is 0 Å². The van der Waals surface area contributed by atoms with E-state index in [0.717, 1.165) is 0 Å². The first kappa shape index (κ1) is 17.7. The Labute approximate surface area is 130 Å². The Morgan fingerprint density at radius 2 is 1.32 bits per heavy atom. The Balaban J connectivity index is 2.46. The molecule has 0 saturated carbocycles. The molecular weight excluding hydrogens is 282 g/mol. The third-order valence-electron chi connectivity index (χ3n) is 2.90. The number of benzene rings is 1. The molecule has 0 bridgehead atoms. The highest BCUT2D eigenvalue weighted by molar-refractivity contribution is 5.94. The molecule has 0 unspecified atom stereocenters. The first-order valence-corrected chi connectivity index (χ1v) is 7.31. The van der Waals surface area contributed by atoms with E-state index in [9.17, 15) is 14.4 Å². The van der Waals surface area contributed by atoms with Crippen molar-refractivity contribution in [3.05, 3.63) is 24.3 Å². The van der Waals surface area contributed by atoms with Gasteiger partial charge in [0.2, 0.25) is 17.7 Å². The number of hydrogen-bond donors (Lipinski definition) is 3. The summed E-state index contributed by atoms with van der Waals surface area (Å²) in [6, 6.07) is 6.88. The highest BCUT2D eigenvalue weighted by Crippen LogP contribution is 2.15. The van der Waals surface area contributed by atoms with Gasteiger partial charge in [0.25, 0.3) is 0 Å². The van der Waals surface area contributed by atoms with Crippen molar-refractivity contribution in [3.63, 3.8) is 0 Å². The fraction of sp³-hybridized carbons (Fsp3) is 0.438. The molecule has 0 spiro atoms. The van der Waals surface area contributed by atoms with Gasteiger partial charge in [0.15, 0.2) is 0 Å². The monoisotopic (exact) mass is 305 g/mol. The zero-order valence-corrected chi connectivity index (χ0v) is 13.2. The summed E-state index contributed by atoms with van der Waals surface area (Å²) < 4.78 is 0. The maximum absolute atomic E-state index is 11.7. The summed E-state index contributed by atoms with van der Waals surface area (Å²) in [5.74, 6) is -0.116. The van der Waals surface area contributed by atoms with Crippen LogP contribution in [0, 0.1) is 5.92 Å². The Bertz CT molecular complexity index is 524. The third-order valence-corrected chi connectivity index (χ3v) is 2.90. The smallest absolute Gasteiger partial charge is 0.224 e. The van der Waals surface area contributed by atoms with Crippen LogP contribution in [0.5, 0.6) is 0 Å². The summed E-state index contributed by atoms with van der Waals surface area (Å²) in [4.78, 5) is 34.4. The maximum atomic E-state index is 11.7. The molecule has 0 radical (unpaired) electrons. The minimum Gasteiger partial charge on any atom is -0.359 e. The molecule has 0 fully saturated rings. The van der Waals surface area contributed by atoms with Gasteiger partial charge >= 0.3 is 0 Å². The maximum Gasteiger partial charge on any atom is 0.224 e. The van der Waals surface area contributed by atoms with E-state index in [4.69, 9.17) is 0 Å². The quantitative estimate of drug-likeness (QED) is 0.721. The molecule has 6 heteroatoms. The Morgan fingerprint density at radius 3 is 1.77 bits per heavy atom. The number of anilines is 2. The molecule has 22 heavy (non-hydrogen) atoms. The second kappa shape index (κ2) is 8.81. The van der Waals surface area contributed by atoms with Gasteiger partial charge in [0.1, 0.15) is 0 Å². The van der Waals surface area contributed by atoms with Gasteiger partial charge in [-0.25, -0.2) is 0 Å². The zero-order valence-electron chi connectivity index (χ0n) is 13.2. The van der Waals surface area contributed by atoms with E-state index in [1.165, 1.54) is 7.05 Å². The normalized spacial score (nSPS) is 10.2. The molecule has 0 atom stereocenters. The summed E-state index contributed by atoms with van der Waals surface area (Å²) >= 11 is 0. The van der Waals surface area contributed by atoms with Gasteiger partial charge in [-0.3, -0.25) is 14.4 Å². The van der Waals surface area contributed by atoms with Gasteiger partial charge in [-0.1, -0.05) is 13.8 Å². The number of carbonyl (C=O) groups excluding carboxylic acids is 3. The summed E-state index contributed by atoms with van der Waals surface area (Å²) in [6.45, 7) is 3.97. The van der Waals surface area contributed by atoms with Gasteiger partial charge in [0, 0.05) is 37.7 Å². The molecule has 1 aromatic carbocycles. The second-order valence-electron chi connectivity index (χ2n) is 5.44. The molecule has 0 aliphatic carbocycles. The summed E-state index contributed by atoms with van der Waals surface area (Å²) in [5.41, 5.74) is 1.32. The van der Waals surface area contributed by atoms with Gasteiger partial charge < -0.3 is 16.0 Å². The SMILES string of the molecule is CNC(=O)CCC(=O)Nc1ccc(NC(=O)CC(C)C)cc1. The fourth-order valence-corrected chi connectivity index (χ4v) is 1.80. The van der Waals surface area contributed by atoms with Crippen molar-refractivity contribution in [1.29, 1.82) is 0 Å². The lowest BCUT2D eigenvalue weighted by Gasteiger charge is -2.09. The minimum absolute atomic E-state index is 0.0302. The van der Waals surface area contributed by atoms with Crippen molar-refractivity contribution in [2.24, 2.45) is 5.92 Å². The van der Waals surface area contributed by atoms with Gasteiger partial charge in [0.05, 0.1) is 0 Å². The molecule has 0 aliphatic heterocycles. The molecule has 6 nitrogen and oxygen atoms in total. The van der Waals surface area contributed by atoms with Crippen molar-refractivity contribution < 1.29 is 14.4 Å². The predicted octanol–water partition coefficient (Wildman–Crippen LogP) is 2.14. The first-order valence-electron chi connectivity index (χ1n) is 7.31. The standard InChI is InChI=1S/C16H23N3O3/c1-11(2)10-16(22)19-13-6-4-12(5-7-13)18-15(21)9-8-14(20)17-3/h4-7,11H,8-10H2,1-3H3,(H,17,20)(H,18,21)(H,19,22). The molecular formula is C16H23N3O3. The summed E-state index contributed by atoms with van der Waals surface area (Å²) in [5, 5.41) is 7.96. The predicted molar refractivity (Wildman–Crippen MR) is 86.5 cm³/mol. The molecule has 3 amide bonds. The van der Waals surface area contributed by atoms with Gasteiger partial charge in [-0.05, 0) is 30.2 Å². The van der Waals surface area contributed by atoms with Crippen molar-refractivity contribution in [2.45, 2.75) is 33.1 Å². The lowest BCUT2D eigenvalue weighted by molar-refractivity contribution is -0.124. The van der Waals surface area contributed by atoms with Crippen LogP contribution in [0.25, 0.3) is 0 Å². The molecule has 0 aromatic heterocycles. The topological polar surface area (TPSA) is 87.3 Å². The van der Waals surface area contributed by atoms with Crippen molar-refractivity contribution >= 4 is 29.1 Å². The van der Waals surface area contributed by atoms with Crippen LogP contribution in [0.15, 0.2) is 24.3 Å². The highest BCUT2D eigenvalue weighted by atomic mass is 16.2. The molecule has 0 aliphatic rings. The zero-order chi connectivity index (χ0) is 16.5.